The minimum Gasteiger partial charge on any atom is -0.484 e. The number of hydrogen-bond donors (Lipinski definition) is 1. The predicted molar refractivity (Wildman–Crippen MR) is 92.1 cm³/mol. The maximum absolute atomic E-state index is 11.9. The normalized spacial score (nSPS) is 12.9. The van der Waals surface area contributed by atoms with E-state index in [0.717, 1.165) is 22.4 Å². The Labute approximate surface area is 141 Å². The monoisotopic (exact) mass is 324 g/mol. The quantitative estimate of drug-likeness (QED) is 0.917. The Morgan fingerprint density at radius 2 is 2.04 bits per heavy atom. The molecule has 1 N–H and O–H groups in total. The minimum absolute atomic E-state index is 0.0168. The van der Waals surface area contributed by atoms with E-state index in [-0.39, 0.29) is 18.4 Å². The van der Waals surface area contributed by atoms with Crippen molar-refractivity contribution >= 4 is 17.5 Å². The van der Waals surface area contributed by atoms with Crippen molar-refractivity contribution in [1.82, 2.24) is 5.32 Å². The summed E-state index contributed by atoms with van der Waals surface area (Å²) in [4.78, 5) is 25.3. The average molecular weight is 324 g/mol. The van der Waals surface area contributed by atoms with Crippen LogP contribution in [0.1, 0.15) is 16.7 Å². The molecule has 0 saturated heterocycles. The van der Waals surface area contributed by atoms with Crippen LogP contribution >= 0.6 is 0 Å². The van der Waals surface area contributed by atoms with Crippen LogP contribution in [-0.2, 0) is 22.6 Å². The maximum atomic E-state index is 11.9. The highest BCUT2D eigenvalue weighted by atomic mass is 16.5. The molecule has 5 heteroatoms. The van der Waals surface area contributed by atoms with Crippen molar-refractivity contribution in [1.29, 1.82) is 0 Å². The summed E-state index contributed by atoms with van der Waals surface area (Å²) in [5.74, 6) is 0.636. The molecule has 0 saturated carbocycles. The molecule has 1 heterocycles. The van der Waals surface area contributed by atoms with Crippen LogP contribution in [0.25, 0.3) is 0 Å². The molecule has 0 atom stereocenters. The number of aryl methyl sites for hydroxylation is 1. The number of rotatable bonds is 5. The maximum Gasteiger partial charge on any atom is 0.258 e. The molecular weight excluding hydrogens is 304 g/mol. The van der Waals surface area contributed by atoms with Crippen LogP contribution in [0, 0.1) is 6.92 Å². The van der Waals surface area contributed by atoms with Crippen LogP contribution in [-0.4, -0.2) is 25.5 Å². The molecule has 1 aliphatic heterocycles. The Morgan fingerprint density at radius 3 is 2.83 bits per heavy atom. The van der Waals surface area contributed by atoms with Crippen molar-refractivity contribution in [2.24, 2.45) is 0 Å². The zero-order valence-corrected chi connectivity index (χ0v) is 13.8. The lowest BCUT2D eigenvalue weighted by molar-refractivity contribution is -0.123. The fraction of sp³-hybridized carbons (Fsp3) is 0.263. The highest BCUT2D eigenvalue weighted by Crippen LogP contribution is 2.28. The SMILES string of the molecule is Cc1ccccc1OCC(=O)NCc1ccc2c(c1)CC(=O)N2C. The topological polar surface area (TPSA) is 58.6 Å². The lowest BCUT2D eigenvalue weighted by atomic mass is 10.1. The van der Waals surface area contributed by atoms with Gasteiger partial charge in [0.2, 0.25) is 5.91 Å². The predicted octanol–water partition coefficient (Wildman–Crippen LogP) is 2.21. The first kappa shape index (κ1) is 16.1. The molecule has 2 amide bonds. The van der Waals surface area contributed by atoms with Crippen LogP contribution in [0.15, 0.2) is 42.5 Å². The standard InChI is InChI=1S/C19H20N2O3/c1-13-5-3-4-6-17(13)24-12-18(22)20-11-14-7-8-16-15(9-14)10-19(23)21(16)2/h3-9H,10-12H2,1-2H3,(H,20,22). The number of hydrogen-bond acceptors (Lipinski definition) is 3. The van der Waals surface area contributed by atoms with E-state index < -0.39 is 0 Å². The minimum atomic E-state index is -0.174. The number of ether oxygens (including phenoxy) is 1. The van der Waals surface area contributed by atoms with Crippen LogP contribution in [0.5, 0.6) is 5.75 Å². The van der Waals surface area contributed by atoms with Crippen LogP contribution in [0.3, 0.4) is 0 Å². The molecule has 0 spiro atoms. The summed E-state index contributed by atoms with van der Waals surface area (Å²) in [7, 11) is 1.78. The molecule has 0 fully saturated rings. The molecular formula is C19H20N2O3. The Bertz CT molecular complexity index is 786. The third-order valence-electron chi connectivity index (χ3n) is 4.16. The number of para-hydroxylation sites is 1. The van der Waals surface area contributed by atoms with Gasteiger partial charge in [-0.1, -0.05) is 30.3 Å². The second kappa shape index (κ2) is 6.74. The van der Waals surface area contributed by atoms with Gasteiger partial charge in [0, 0.05) is 19.3 Å². The molecule has 1 aliphatic rings. The lowest BCUT2D eigenvalue weighted by Gasteiger charge is -2.11. The molecule has 124 valence electrons. The van der Waals surface area contributed by atoms with Crippen LogP contribution < -0.4 is 15.0 Å². The van der Waals surface area contributed by atoms with Gasteiger partial charge in [0.25, 0.3) is 5.91 Å². The lowest BCUT2D eigenvalue weighted by Crippen LogP contribution is -2.28. The first-order valence-electron chi connectivity index (χ1n) is 7.88. The third kappa shape index (κ3) is 3.40. The zero-order valence-electron chi connectivity index (χ0n) is 13.8. The molecule has 2 aromatic carbocycles. The zero-order chi connectivity index (χ0) is 17.1. The van der Waals surface area contributed by atoms with Gasteiger partial charge in [-0.05, 0) is 35.7 Å². The fourth-order valence-corrected chi connectivity index (χ4v) is 2.75. The van der Waals surface area contributed by atoms with Gasteiger partial charge in [-0.15, -0.1) is 0 Å². The summed E-state index contributed by atoms with van der Waals surface area (Å²) in [6, 6.07) is 13.4. The molecule has 2 aromatic rings. The molecule has 5 nitrogen and oxygen atoms in total. The number of amides is 2. The first-order chi connectivity index (χ1) is 11.5. The second-order valence-electron chi connectivity index (χ2n) is 5.92. The van der Waals surface area contributed by atoms with Gasteiger partial charge in [0.15, 0.2) is 6.61 Å². The number of fused-ring (bicyclic) bond motifs is 1. The van der Waals surface area contributed by atoms with Crippen molar-refractivity contribution in [3.63, 3.8) is 0 Å². The number of anilines is 1. The van der Waals surface area contributed by atoms with Gasteiger partial charge in [0.1, 0.15) is 5.75 Å². The highest BCUT2D eigenvalue weighted by molar-refractivity contribution is 6.00. The summed E-state index contributed by atoms with van der Waals surface area (Å²) in [5, 5.41) is 2.84. The summed E-state index contributed by atoms with van der Waals surface area (Å²) < 4.78 is 5.53. The molecule has 0 radical (unpaired) electrons. The Morgan fingerprint density at radius 1 is 1.25 bits per heavy atom. The number of carbonyl (C=O) groups excluding carboxylic acids is 2. The number of benzene rings is 2. The second-order valence-corrected chi connectivity index (χ2v) is 5.92. The molecule has 0 bridgehead atoms. The van der Waals surface area contributed by atoms with Crippen LogP contribution in [0.2, 0.25) is 0 Å². The van der Waals surface area contributed by atoms with Gasteiger partial charge >= 0.3 is 0 Å². The van der Waals surface area contributed by atoms with Crippen molar-refractivity contribution in [3.05, 3.63) is 59.2 Å². The average Bonchev–Trinajstić information content (AvgIpc) is 2.86. The summed E-state index contributed by atoms with van der Waals surface area (Å²) in [5.41, 5.74) is 3.92. The summed E-state index contributed by atoms with van der Waals surface area (Å²) in [6.45, 7) is 2.34. The largest absolute Gasteiger partial charge is 0.484 e. The van der Waals surface area contributed by atoms with Crippen molar-refractivity contribution in [2.75, 3.05) is 18.6 Å². The van der Waals surface area contributed by atoms with Gasteiger partial charge in [-0.25, -0.2) is 0 Å². The molecule has 0 aromatic heterocycles. The van der Waals surface area contributed by atoms with Crippen LogP contribution in [0.4, 0.5) is 5.69 Å². The van der Waals surface area contributed by atoms with Gasteiger partial charge in [-0.3, -0.25) is 9.59 Å². The van der Waals surface area contributed by atoms with Gasteiger partial charge < -0.3 is 15.0 Å². The molecule has 3 rings (SSSR count). The Hall–Kier alpha value is -2.82. The molecule has 0 unspecified atom stereocenters. The smallest absolute Gasteiger partial charge is 0.258 e. The van der Waals surface area contributed by atoms with Gasteiger partial charge in [-0.2, -0.15) is 0 Å². The number of nitrogens with one attached hydrogen (secondary N) is 1. The summed E-state index contributed by atoms with van der Waals surface area (Å²) in [6.07, 6.45) is 0.421. The van der Waals surface area contributed by atoms with E-state index >= 15 is 0 Å². The number of nitrogens with zero attached hydrogens (tertiary/aromatic N) is 1. The van der Waals surface area contributed by atoms with Gasteiger partial charge in [0.05, 0.1) is 6.42 Å². The third-order valence-corrected chi connectivity index (χ3v) is 4.16. The van der Waals surface area contributed by atoms with E-state index in [0.29, 0.717) is 18.7 Å². The van der Waals surface area contributed by atoms with Crippen molar-refractivity contribution < 1.29 is 14.3 Å². The summed E-state index contributed by atoms with van der Waals surface area (Å²) >= 11 is 0. The van der Waals surface area contributed by atoms with E-state index in [4.69, 9.17) is 4.74 Å². The highest BCUT2D eigenvalue weighted by Gasteiger charge is 2.23. The molecule has 0 aliphatic carbocycles. The Kier molecular flexibility index (Phi) is 4.51. The number of carbonyl (C=O) groups is 2. The van der Waals surface area contributed by atoms with E-state index in [2.05, 4.69) is 5.32 Å². The van der Waals surface area contributed by atoms with E-state index in [1.807, 2.05) is 49.4 Å². The number of likely N-dealkylation sites (N-methyl/N-ethyl adjacent to an activating group) is 1. The van der Waals surface area contributed by atoms with E-state index in [1.54, 1.807) is 11.9 Å². The molecule has 24 heavy (non-hydrogen) atoms. The van der Waals surface area contributed by atoms with E-state index in [9.17, 15) is 9.59 Å². The van der Waals surface area contributed by atoms with Crippen molar-refractivity contribution in [2.45, 2.75) is 19.9 Å². The fourth-order valence-electron chi connectivity index (χ4n) is 2.75. The van der Waals surface area contributed by atoms with Crippen molar-refractivity contribution in [3.8, 4) is 5.75 Å². The van der Waals surface area contributed by atoms with E-state index in [1.165, 1.54) is 0 Å². The first-order valence-corrected chi connectivity index (χ1v) is 7.88. The Balaban J connectivity index is 1.53.